The van der Waals surface area contributed by atoms with Crippen LogP contribution in [0.5, 0.6) is 0 Å². The number of rotatable bonds is 60. The second-order valence-electron chi connectivity index (χ2n) is 22.1. The van der Waals surface area contributed by atoms with Crippen molar-refractivity contribution in [3.63, 3.8) is 0 Å². The number of unbranched alkanes of at least 4 members (excludes halogenated alkanes) is 43. The van der Waals surface area contributed by atoms with Crippen LogP contribution in [0.2, 0.25) is 0 Å². The topological polar surface area (TPSA) is 95.9 Å². The number of hydrogen-bond acceptors (Lipinski definition) is 5. The van der Waals surface area contributed by atoms with E-state index in [1.54, 1.807) is 0 Å². The van der Waals surface area contributed by atoms with Gasteiger partial charge in [-0.2, -0.15) is 0 Å². The van der Waals surface area contributed by atoms with Crippen molar-refractivity contribution in [3.8, 4) is 0 Å². The van der Waals surface area contributed by atoms with Gasteiger partial charge in [-0.05, 0) is 83.5 Å². The number of esters is 1. The van der Waals surface area contributed by atoms with Gasteiger partial charge in [0.1, 0.15) is 0 Å². The third kappa shape index (κ3) is 57.4. The highest BCUT2D eigenvalue weighted by Gasteiger charge is 2.20. The standard InChI is InChI=1S/C66H125NO5/c1-3-5-7-9-11-13-15-17-19-20-27-31-34-38-42-46-50-54-58-64(69)63(62-68)67-65(70)59-55-51-47-43-39-35-32-28-25-23-21-22-24-26-29-33-37-41-45-49-53-57-61-72-66(71)60-56-52-48-44-40-36-30-18-16-14-12-10-8-6-4-2/h12,14,18,23,25,30,63-64,68-69H,3-11,13,15-17,19-22,24,26-29,31-62H2,1-2H3,(H,67,70)/b14-12-,25-23-,30-18-. The van der Waals surface area contributed by atoms with Crippen LogP contribution >= 0.6 is 0 Å². The van der Waals surface area contributed by atoms with E-state index in [0.717, 1.165) is 51.4 Å². The second kappa shape index (κ2) is 61.6. The lowest BCUT2D eigenvalue weighted by Crippen LogP contribution is -2.45. The van der Waals surface area contributed by atoms with Gasteiger partial charge in [-0.15, -0.1) is 0 Å². The van der Waals surface area contributed by atoms with Crippen LogP contribution in [0.3, 0.4) is 0 Å². The monoisotopic (exact) mass is 1010 g/mol. The molecule has 0 bridgehead atoms. The van der Waals surface area contributed by atoms with Gasteiger partial charge in [0.05, 0.1) is 25.4 Å². The fourth-order valence-corrected chi connectivity index (χ4v) is 9.96. The molecule has 0 saturated carbocycles. The minimum Gasteiger partial charge on any atom is -0.466 e. The van der Waals surface area contributed by atoms with Gasteiger partial charge in [0, 0.05) is 12.8 Å². The van der Waals surface area contributed by atoms with Crippen LogP contribution in [0.1, 0.15) is 348 Å². The van der Waals surface area contributed by atoms with Crippen molar-refractivity contribution in [2.45, 2.75) is 360 Å². The summed E-state index contributed by atoms with van der Waals surface area (Å²) in [6, 6.07) is -0.548. The van der Waals surface area contributed by atoms with E-state index in [0.29, 0.717) is 25.9 Å². The number of nitrogens with one attached hydrogen (secondary N) is 1. The molecule has 0 rings (SSSR count). The number of aliphatic hydroxyl groups excluding tert-OH is 2. The zero-order chi connectivity index (χ0) is 52.2. The van der Waals surface area contributed by atoms with Crippen molar-refractivity contribution in [1.82, 2.24) is 5.32 Å². The molecule has 0 heterocycles. The molecule has 0 spiro atoms. The van der Waals surface area contributed by atoms with Crippen LogP contribution in [0.25, 0.3) is 0 Å². The lowest BCUT2D eigenvalue weighted by atomic mass is 10.0. The molecule has 6 nitrogen and oxygen atoms in total. The van der Waals surface area contributed by atoms with Crippen LogP contribution < -0.4 is 5.32 Å². The largest absolute Gasteiger partial charge is 0.466 e. The highest BCUT2D eigenvalue weighted by atomic mass is 16.5. The van der Waals surface area contributed by atoms with Gasteiger partial charge in [0.2, 0.25) is 5.91 Å². The van der Waals surface area contributed by atoms with Crippen molar-refractivity contribution < 1.29 is 24.5 Å². The van der Waals surface area contributed by atoms with Gasteiger partial charge < -0.3 is 20.3 Å². The maximum Gasteiger partial charge on any atom is 0.305 e. The summed E-state index contributed by atoms with van der Waals surface area (Å²) in [5.74, 6) is -0.0435. The molecule has 3 N–H and O–H groups in total. The summed E-state index contributed by atoms with van der Waals surface area (Å²) in [4.78, 5) is 24.6. The maximum absolute atomic E-state index is 12.5. The molecule has 0 saturated heterocycles. The molecule has 0 aliphatic rings. The maximum atomic E-state index is 12.5. The van der Waals surface area contributed by atoms with Gasteiger partial charge in [0.15, 0.2) is 0 Å². The van der Waals surface area contributed by atoms with E-state index in [4.69, 9.17) is 4.74 Å². The number of carbonyl (C=O) groups is 2. The molecule has 2 atom stereocenters. The molecule has 424 valence electrons. The van der Waals surface area contributed by atoms with E-state index in [9.17, 15) is 19.8 Å². The van der Waals surface area contributed by atoms with E-state index in [1.165, 1.54) is 263 Å². The molecular formula is C66H125NO5. The molecular weight excluding hydrogens is 887 g/mol. The first-order chi connectivity index (χ1) is 35.5. The first-order valence-electron chi connectivity index (χ1n) is 32.2. The fraction of sp³-hybridized carbons (Fsp3) is 0.879. The van der Waals surface area contributed by atoms with Crippen LogP contribution in [-0.2, 0) is 14.3 Å². The Balaban J connectivity index is 3.42. The summed E-state index contributed by atoms with van der Waals surface area (Å²) in [6.07, 6.45) is 77.3. The van der Waals surface area contributed by atoms with Crippen LogP contribution in [0.4, 0.5) is 0 Å². The number of hydrogen-bond donors (Lipinski definition) is 3. The van der Waals surface area contributed by atoms with Crippen molar-refractivity contribution in [1.29, 1.82) is 0 Å². The van der Waals surface area contributed by atoms with Crippen LogP contribution in [0, 0.1) is 0 Å². The minimum atomic E-state index is -0.670. The average Bonchev–Trinajstić information content (AvgIpc) is 3.38. The molecule has 0 aliphatic carbocycles. The first kappa shape index (κ1) is 70.1. The van der Waals surface area contributed by atoms with E-state index in [2.05, 4.69) is 55.6 Å². The Morgan fingerprint density at radius 1 is 0.389 bits per heavy atom. The first-order valence-corrected chi connectivity index (χ1v) is 32.2. The molecule has 2 unspecified atom stereocenters. The quantitative estimate of drug-likeness (QED) is 0.0320. The van der Waals surface area contributed by atoms with Crippen molar-refractivity contribution in [2.24, 2.45) is 0 Å². The Morgan fingerprint density at radius 2 is 0.694 bits per heavy atom. The summed E-state index contributed by atoms with van der Waals surface area (Å²) >= 11 is 0. The summed E-state index contributed by atoms with van der Waals surface area (Å²) < 4.78 is 5.48. The number of amides is 1. The smallest absolute Gasteiger partial charge is 0.305 e. The molecule has 1 amide bonds. The predicted octanol–water partition coefficient (Wildman–Crippen LogP) is 20.4. The minimum absolute atomic E-state index is 0.00378. The Morgan fingerprint density at radius 3 is 1.10 bits per heavy atom. The lowest BCUT2D eigenvalue weighted by molar-refractivity contribution is -0.143. The van der Waals surface area contributed by atoms with Crippen molar-refractivity contribution in [3.05, 3.63) is 36.5 Å². The fourth-order valence-electron chi connectivity index (χ4n) is 9.96. The normalized spacial score (nSPS) is 12.8. The lowest BCUT2D eigenvalue weighted by Gasteiger charge is -2.22. The number of ether oxygens (including phenoxy) is 1. The van der Waals surface area contributed by atoms with Crippen molar-refractivity contribution >= 4 is 11.9 Å². The van der Waals surface area contributed by atoms with Gasteiger partial charge >= 0.3 is 5.97 Å². The zero-order valence-electron chi connectivity index (χ0n) is 48.4. The van der Waals surface area contributed by atoms with E-state index in [1.807, 2.05) is 0 Å². The summed E-state index contributed by atoms with van der Waals surface area (Å²) in [5, 5.41) is 23.3. The summed E-state index contributed by atoms with van der Waals surface area (Å²) in [5.41, 5.74) is 0. The Labute approximate surface area is 449 Å². The molecule has 0 aromatic heterocycles. The van der Waals surface area contributed by atoms with Crippen molar-refractivity contribution in [2.75, 3.05) is 13.2 Å². The van der Waals surface area contributed by atoms with Gasteiger partial charge in [0.25, 0.3) is 0 Å². The van der Waals surface area contributed by atoms with E-state index in [-0.39, 0.29) is 18.5 Å². The molecule has 0 aliphatic heterocycles. The molecule has 0 aromatic rings. The molecule has 0 radical (unpaired) electrons. The highest BCUT2D eigenvalue weighted by Crippen LogP contribution is 2.18. The molecule has 6 heteroatoms. The number of aliphatic hydroxyl groups is 2. The highest BCUT2D eigenvalue weighted by molar-refractivity contribution is 5.76. The van der Waals surface area contributed by atoms with Gasteiger partial charge in [-0.1, -0.05) is 288 Å². The zero-order valence-corrected chi connectivity index (χ0v) is 48.4. The average molecular weight is 1010 g/mol. The molecule has 72 heavy (non-hydrogen) atoms. The SMILES string of the molecule is CCCCC/C=C\C/C=C\CCCCCCCC(=O)OCCCCCCCCCCCCC/C=C\CCCCCCCCCC(=O)NC(CO)C(O)CCCCCCCCCCCCCCCCCCCC. The third-order valence-corrected chi connectivity index (χ3v) is 14.9. The Bertz CT molecular complexity index is 1170. The third-order valence-electron chi connectivity index (χ3n) is 14.9. The van der Waals surface area contributed by atoms with E-state index < -0.39 is 12.1 Å². The number of carbonyl (C=O) groups excluding carboxylic acids is 2. The Hall–Kier alpha value is -1.92. The summed E-state index contributed by atoms with van der Waals surface area (Å²) in [6.45, 7) is 4.94. The van der Waals surface area contributed by atoms with Gasteiger partial charge in [-0.25, -0.2) is 0 Å². The van der Waals surface area contributed by atoms with Crippen LogP contribution in [-0.4, -0.2) is 47.4 Å². The predicted molar refractivity (Wildman–Crippen MR) is 315 cm³/mol. The molecule has 0 fully saturated rings. The number of allylic oxidation sites excluding steroid dienone is 6. The Kier molecular flexibility index (Phi) is 60.0. The molecule has 0 aromatic carbocycles. The van der Waals surface area contributed by atoms with Gasteiger partial charge in [-0.3, -0.25) is 9.59 Å². The summed E-state index contributed by atoms with van der Waals surface area (Å²) in [7, 11) is 0. The second-order valence-corrected chi connectivity index (χ2v) is 22.1. The van der Waals surface area contributed by atoms with Crippen LogP contribution in [0.15, 0.2) is 36.5 Å². The van der Waals surface area contributed by atoms with E-state index >= 15 is 0 Å².